The van der Waals surface area contributed by atoms with Gasteiger partial charge in [-0.2, -0.15) is 0 Å². The summed E-state index contributed by atoms with van der Waals surface area (Å²) in [7, 11) is 0. The molecule has 9 heteroatoms. The highest BCUT2D eigenvalue weighted by molar-refractivity contribution is 9.10. The van der Waals surface area contributed by atoms with Crippen molar-refractivity contribution in [2.24, 2.45) is 0 Å². The Balaban J connectivity index is 1.72. The Hall–Kier alpha value is -2.16. The molecule has 0 radical (unpaired) electrons. The normalized spacial score (nSPS) is 21.5. The number of ether oxygens (including phenoxy) is 2. The zero-order valence-corrected chi connectivity index (χ0v) is 18.2. The molecule has 1 amide bonds. The van der Waals surface area contributed by atoms with Crippen molar-refractivity contribution in [2.45, 2.75) is 45.4 Å². The van der Waals surface area contributed by atoms with E-state index in [4.69, 9.17) is 9.47 Å². The molecule has 1 fully saturated rings. The van der Waals surface area contributed by atoms with Gasteiger partial charge in [-0.1, -0.05) is 0 Å². The first-order valence-corrected chi connectivity index (χ1v) is 10.2. The average Bonchev–Trinajstić information content (AvgIpc) is 2.63. The van der Waals surface area contributed by atoms with Crippen LogP contribution in [-0.2, 0) is 4.74 Å². The van der Waals surface area contributed by atoms with Gasteiger partial charge in [-0.05, 0) is 49.7 Å². The molecule has 0 unspecified atom stereocenters. The lowest BCUT2D eigenvalue weighted by Gasteiger charge is -2.48. The summed E-state index contributed by atoms with van der Waals surface area (Å²) in [4.78, 5) is 20.5. The lowest BCUT2D eigenvalue weighted by molar-refractivity contribution is 0.00997. The number of fused-ring (bicyclic) bond motifs is 5. The molecule has 2 aliphatic heterocycles. The fourth-order valence-corrected chi connectivity index (χ4v) is 4.13. The first-order chi connectivity index (χ1) is 13.6. The van der Waals surface area contributed by atoms with E-state index in [0.717, 1.165) is 0 Å². The number of benzene rings is 1. The number of aromatic nitrogens is 1. The zero-order chi connectivity index (χ0) is 21.1. The Morgan fingerprint density at radius 3 is 2.76 bits per heavy atom. The second kappa shape index (κ2) is 6.97. The Bertz CT molecular complexity index is 995. The molecule has 0 N–H and O–H groups in total. The van der Waals surface area contributed by atoms with Crippen molar-refractivity contribution in [3.8, 4) is 5.75 Å². The van der Waals surface area contributed by atoms with Gasteiger partial charge in [0.15, 0.2) is 11.6 Å². The van der Waals surface area contributed by atoms with Crippen molar-refractivity contribution in [1.29, 1.82) is 0 Å². The van der Waals surface area contributed by atoms with Crippen LogP contribution in [0.5, 0.6) is 5.75 Å². The molecule has 1 aromatic carbocycles. The van der Waals surface area contributed by atoms with Crippen molar-refractivity contribution in [1.82, 2.24) is 9.88 Å². The van der Waals surface area contributed by atoms with Gasteiger partial charge in [-0.3, -0.25) is 0 Å². The number of hydrogen-bond donors (Lipinski definition) is 0. The van der Waals surface area contributed by atoms with Crippen LogP contribution in [0, 0.1) is 11.6 Å². The molecule has 1 aromatic heterocycles. The van der Waals surface area contributed by atoms with Crippen molar-refractivity contribution in [3.63, 3.8) is 0 Å². The van der Waals surface area contributed by atoms with Gasteiger partial charge in [0, 0.05) is 24.5 Å². The Labute approximate surface area is 175 Å². The predicted molar refractivity (Wildman–Crippen MR) is 108 cm³/mol. The molecule has 2 atom stereocenters. The van der Waals surface area contributed by atoms with Gasteiger partial charge in [0.2, 0.25) is 0 Å². The highest BCUT2D eigenvalue weighted by atomic mass is 79.9. The first kappa shape index (κ1) is 20.1. The fraction of sp³-hybridized carbons (Fsp3) is 0.500. The number of rotatable bonds is 0. The molecule has 1 saturated heterocycles. The average molecular weight is 470 g/mol. The molecule has 29 heavy (non-hydrogen) atoms. The topological polar surface area (TPSA) is 54.9 Å². The van der Waals surface area contributed by atoms with E-state index in [1.54, 1.807) is 4.90 Å². The van der Waals surface area contributed by atoms with Gasteiger partial charge in [0.1, 0.15) is 23.5 Å². The summed E-state index contributed by atoms with van der Waals surface area (Å²) in [5, 5.41) is 0.350. The molecule has 156 valence electrons. The van der Waals surface area contributed by atoms with Crippen LogP contribution in [0.2, 0.25) is 0 Å². The molecule has 2 aliphatic rings. The maximum absolute atomic E-state index is 14.6. The smallest absolute Gasteiger partial charge is 0.410 e. The number of carbonyl (C=O) groups is 1. The second-order valence-corrected chi connectivity index (χ2v) is 9.25. The van der Waals surface area contributed by atoms with Gasteiger partial charge in [-0.25, -0.2) is 18.6 Å². The summed E-state index contributed by atoms with van der Waals surface area (Å²) < 4.78 is 40.0. The van der Waals surface area contributed by atoms with E-state index in [0.29, 0.717) is 36.5 Å². The van der Waals surface area contributed by atoms with Crippen molar-refractivity contribution >= 4 is 38.6 Å². The van der Waals surface area contributed by atoms with E-state index in [2.05, 4.69) is 25.8 Å². The van der Waals surface area contributed by atoms with Crippen LogP contribution < -0.4 is 9.64 Å². The number of halogens is 3. The number of pyridine rings is 1. The van der Waals surface area contributed by atoms with E-state index in [1.165, 1.54) is 12.3 Å². The Morgan fingerprint density at radius 1 is 1.34 bits per heavy atom. The van der Waals surface area contributed by atoms with E-state index in [9.17, 15) is 13.6 Å². The maximum Gasteiger partial charge on any atom is 0.410 e. The van der Waals surface area contributed by atoms with Crippen molar-refractivity contribution in [3.05, 3.63) is 28.4 Å². The highest BCUT2D eigenvalue weighted by Gasteiger charge is 2.40. The second-order valence-electron chi connectivity index (χ2n) is 8.45. The number of anilines is 1. The highest BCUT2D eigenvalue weighted by Crippen LogP contribution is 2.43. The van der Waals surface area contributed by atoms with Gasteiger partial charge in [-0.15, -0.1) is 0 Å². The summed E-state index contributed by atoms with van der Waals surface area (Å²) in [5.41, 5.74) is 0.0872. The number of nitrogens with zero attached hydrogens (tertiary/aromatic N) is 3. The van der Waals surface area contributed by atoms with Crippen LogP contribution in [0.4, 0.5) is 19.3 Å². The quantitative estimate of drug-likeness (QED) is 0.532. The lowest BCUT2D eigenvalue weighted by Crippen LogP contribution is -2.62. The summed E-state index contributed by atoms with van der Waals surface area (Å²) in [6.07, 6.45) is 1.09. The number of piperazine rings is 1. The van der Waals surface area contributed by atoms with Gasteiger partial charge < -0.3 is 19.3 Å². The molecule has 0 saturated carbocycles. The Kier molecular flexibility index (Phi) is 4.83. The molecule has 0 aliphatic carbocycles. The van der Waals surface area contributed by atoms with Crippen LogP contribution in [0.15, 0.2) is 16.7 Å². The van der Waals surface area contributed by atoms with Crippen molar-refractivity contribution < 1.29 is 23.0 Å². The summed E-state index contributed by atoms with van der Waals surface area (Å²) >= 11 is 2.93. The molecule has 3 heterocycles. The summed E-state index contributed by atoms with van der Waals surface area (Å²) in [5.74, 6) is -0.967. The van der Waals surface area contributed by atoms with E-state index in [1.807, 2.05) is 27.7 Å². The molecule has 0 spiro atoms. The lowest BCUT2D eigenvalue weighted by atomic mass is 10.0. The molecular formula is C20H22BrF2N3O3. The molecular weight excluding hydrogens is 448 g/mol. The van der Waals surface area contributed by atoms with Crippen LogP contribution in [0.1, 0.15) is 27.7 Å². The van der Waals surface area contributed by atoms with Gasteiger partial charge >= 0.3 is 6.09 Å². The standard InChI is InChI=1S/C20H22BrF2N3O3/c1-10-7-26-11(8-25(10)19(27)29-20(2,3)4)9-28-14-6-24-17-12(18(14)26)5-13(22)15(21)16(17)23/h5-6,10-11H,7-9H2,1-4H3/t10-,11-/m1/s1. The number of amides is 1. The predicted octanol–water partition coefficient (Wildman–Crippen LogP) is 4.48. The summed E-state index contributed by atoms with van der Waals surface area (Å²) in [6, 6.07) is 0.956. The Morgan fingerprint density at radius 2 is 2.07 bits per heavy atom. The number of carbonyl (C=O) groups excluding carboxylic acids is 1. The first-order valence-electron chi connectivity index (χ1n) is 9.42. The van der Waals surface area contributed by atoms with E-state index < -0.39 is 17.2 Å². The zero-order valence-electron chi connectivity index (χ0n) is 16.6. The van der Waals surface area contributed by atoms with E-state index in [-0.39, 0.29) is 28.2 Å². The largest absolute Gasteiger partial charge is 0.488 e. The SMILES string of the molecule is C[C@@H]1CN2c3c(cnc4c(F)c(Br)c(F)cc34)OC[C@H]2CN1C(=O)OC(C)(C)C. The molecule has 6 nitrogen and oxygen atoms in total. The van der Waals surface area contributed by atoms with Crippen molar-refractivity contribution in [2.75, 3.05) is 24.6 Å². The minimum Gasteiger partial charge on any atom is -0.488 e. The van der Waals surface area contributed by atoms with Gasteiger partial charge in [0.25, 0.3) is 0 Å². The third kappa shape index (κ3) is 3.49. The minimum absolute atomic E-state index is 0.0727. The summed E-state index contributed by atoms with van der Waals surface area (Å²) in [6.45, 7) is 8.62. The van der Waals surface area contributed by atoms with Crippen LogP contribution in [0.25, 0.3) is 10.9 Å². The van der Waals surface area contributed by atoms with Crippen LogP contribution >= 0.6 is 15.9 Å². The van der Waals surface area contributed by atoms with E-state index >= 15 is 0 Å². The third-order valence-corrected chi connectivity index (χ3v) is 5.85. The van der Waals surface area contributed by atoms with Crippen LogP contribution in [-0.4, -0.2) is 53.4 Å². The molecule has 0 bridgehead atoms. The number of hydrogen-bond acceptors (Lipinski definition) is 5. The maximum atomic E-state index is 14.6. The molecule has 4 rings (SSSR count). The monoisotopic (exact) mass is 469 g/mol. The van der Waals surface area contributed by atoms with Gasteiger partial charge in [0.05, 0.1) is 22.4 Å². The minimum atomic E-state index is -0.745. The third-order valence-electron chi connectivity index (χ3n) is 5.12. The molecule has 2 aromatic rings. The van der Waals surface area contributed by atoms with Crippen LogP contribution in [0.3, 0.4) is 0 Å². The fourth-order valence-electron chi connectivity index (χ4n) is 3.83.